The van der Waals surface area contributed by atoms with E-state index in [1.165, 1.54) is 38.9 Å². The van der Waals surface area contributed by atoms with Crippen molar-refractivity contribution in [2.75, 3.05) is 9.80 Å². The zero-order valence-corrected chi connectivity index (χ0v) is 48.5. The van der Waals surface area contributed by atoms with Crippen LogP contribution in [0, 0.1) is 18.8 Å². The van der Waals surface area contributed by atoms with Crippen molar-refractivity contribution in [3.63, 3.8) is 0 Å². The molecule has 6 heteroatoms. The van der Waals surface area contributed by atoms with Crippen LogP contribution in [0.2, 0.25) is 0 Å². The van der Waals surface area contributed by atoms with E-state index in [-0.39, 0.29) is 31.9 Å². The number of nitrogens with zero attached hydrogens (tertiary/aromatic N) is 4. The van der Waals surface area contributed by atoms with Gasteiger partial charge in [0.2, 0.25) is 0 Å². The van der Waals surface area contributed by atoms with Gasteiger partial charge in [0.15, 0.2) is 0 Å². The average Bonchev–Trinajstić information content (AvgIpc) is 4.27. The Kier molecular flexibility index (Phi) is 12.8. The van der Waals surface area contributed by atoms with E-state index < -0.39 is 5.41 Å². The fourth-order valence-corrected chi connectivity index (χ4v) is 12.4. The van der Waals surface area contributed by atoms with E-state index in [1.54, 1.807) is 0 Å². The third-order valence-corrected chi connectivity index (χ3v) is 16.4. The van der Waals surface area contributed by atoms with E-state index >= 15 is 0 Å². The Hall–Kier alpha value is -8.76. The minimum Gasteiger partial charge on any atom is -0.509 e. The largest absolute Gasteiger partial charge is 0.509 e. The number of ether oxygens (including phenoxy) is 1. The molecule has 0 bridgehead atoms. The quantitative estimate of drug-likeness (QED) is 0.135. The van der Waals surface area contributed by atoms with E-state index in [0.29, 0.717) is 11.5 Å². The molecule has 3 heterocycles. The molecule has 5 nitrogen and oxygen atoms in total. The van der Waals surface area contributed by atoms with Crippen molar-refractivity contribution in [2.45, 2.75) is 57.8 Å². The third-order valence-electron chi connectivity index (χ3n) is 16.4. The van der Waals surface area contributed by atoms with Crippen molar-refractivity contribution in [3.05, 3.63) is 295 Å². The fraction of sp³-hybridized carbons (Fsp3) is 0.120. The summed E-state index contributed by atoms with van der Waals surface area (Å²) < 4.78 is 9.11. The minimum absolute atomic E-state index is 0. The molecule has 2 aromatic heterocycles. The number of rotatable bonds is 9. The van der Waals surface area contributed by atoms with Gasteiger partial charge in [0.1, 0.15) is 5.82 Å². The maximum absolute atomic E-state index is 6.86. The van der Waals surface area contributed by atoms with Crippen LogP contribution in [0.25, 0.3) is 61.0 Å². The Balaban J connectivity index is 0.00000618. The predicted molar refractivity (Wildman–Crippen MR) is 330 cm³/mol. The van der Waals surface area contributed by atoms with Crippen molar-refractivity contribution in [3.8, 4) is 50.7 Å². The molecule has 1 aliphatic carbocycles. The Bertz CT molecular complexity index is 4280. The summed E-state index contributed by atoms with van der Waals surface area (Å²) in [6.07, 6.45) is 1.99. The predicted octanol–water partition coefficient (Wildman–Crippen LogP) is 19.3. The average molecular weight is 1230 g/mol. The van der Waals surface area contributed by atoms with E-state index in [1.807, 2.05) is 24.4 Å². The third kappa shape index (κ3) is 8.69. The van der Waals surface area contributed by atoms with Crippen LogP contribution in [0.1, 0.15) is 74.9 Å². The van der Waals surface area contributed by atoms with Gasteiger partial charge in [0.25, 0.3) is 0 Å². The Morgan fingerprint density at radius 3 is 1.77 bits per heavy atom. The number of para-hydroxylation sites is 4. The first kappa shape index (κ1) is 51.7. The molecule has 0 spiro atoms. The molecule has 10 aromatic carbocycles. The van der Waals surface area contributed by atoms with Gasteiger partial charge < -0.3 is 19.1 Å². The van der Waals surface area contributed by atoms with Gasteiger partial charge in [-0.1, -0.05) is 223 Å². The molecular formula is C75H59N4OPt-3. The number of anilines is 4. The van der Waals surface area contributed by atoms with Crippen molar-refractivity contribution in [1.82, 2.24) is 9.55 Å². The molecule has 0 saturated carbocycles. The van der Waals surface area contributed by atoms with Crippen LogP contribution >= 0.6 is 0 Å². The molecule has 0 fully saturated rings. The fourth-order valence-electron chi connectivity index (χ4n) is 12.4. The SMILES string of the molecule is CC(C)(C)c1ccc(C2(c3ccnc(-n4c5[c-]c(Oc6[c-]c(N7[CH-]N(c8c(-c9ccccc9)cccc8-c8ccccc8)c8ccccc87)ccc6)ccc5c5ccccc54)c3)c3ccccc3-c3ccc(C(C)(C)C)cc32)cc1.[Pt]. The van der Waals surface area contributed by atoms with Crippen LogP contribution in [0.4, 0.5) is 22.7 Å². The number of hydrogen-bond donors (Lipinski definition) is 0. The maximum Gasteiger partial charge on any atom is 0.135 e. The zero-order valence-electron chi connectivity index (χ0n) is 46.2. The molecule has 0 radical (unpaired) electrons. The van der Waals surface area contributed by atoms with Crippen LogP contribution < -0.4 is 14.5 Å². The zero-order chi connectivity index (χ0) is 54.3. The number of aromatic nitrogens is 2. The van der Waals surface area contributed by atoms with Crippen molar-refractivity contribution < 1.29 is 25.8 Å². The Morgan fingerprint density at radius 2 is 1.05 bits per heavy atom. The van der Waals surface area contributed by atoms with E-state index in [0.717, 1.165) is 78.2 Å². The van der Waals surface area contributed by atoms with Gasteiger partial charge in [-0.15, -0.1) is 48.1 Å². The van der Waals surface area contributed by atoms with Crippen LogP contribution in [0.15, 0.2) is 243 Å². The summed E-state index contributed by atoms with van der Waals surface area (Å²) in [5.41, 5.74) is 19.9. The summed E-state index contributed by atoms with van der Waals surface area (Å²) in [5, 5.41) is 2.17. The smallest absolute Gasteiger partial charge is 0.135 e. The van der Waals surface area contributed by atoms with Gasteiger partial charge in [-0.2, -0.15) is 12.1 Å². The molecule has 0 N–H and O–H groups in total. The molecule has 0 amide bonds. The Labute approximate surface area is 490 Å². The molecule has 1 atom stereocenters. The van der Waals surface area contributed by atoms with Gasteiger partial charge in [0.05, 0.1) is 5.41 Å². The van der Waals surface area contributed by atoms with Crippen molar-refractivity contribution in [1.29, 1.82) is 0 Å². The van der Waals surface area contributed by atoms with Gasteiger partial charge in [-0.3, -0.25) is 0 Å². The van der Waals surface area contributed by atoms with Crippen LogP contribution in [0.5, 0.6) is 11.5 Å². The summed E-state index contributed by atoms with van der Waals surface area (Å²) in [5.74, 6) is 1.95. The second kappa shape index (κ2) is 20.1. The summed E-state index contributed by atoms with van der Waals surface area (Å²) >= 11 is 0. The van der Waals surface area contributed by atoms with Crippen LogP contribution in [-0.4, -0.2) is 9.55 Å². The summed E-state index contributed by atoms with van der Waals surface area (Å²) in [6.45, 7) is 16.0. The first-order chi connectivity index (χ1) is 38.9. The molecule has 81 heavy (non-hydrogen) atoms. The van der Waals surface area contributed by atoms with Crippen LogP contribution in [0.3, 0.4) is 0 Å². The van der Waals surface area contributed by atoms with E-state index in [9.17, 15) is 0 Å². The molecule has 398 valence electrons. The number of pyridine rings is 1. The second-order valence-corrected chi connectivity index (χ2v) is 23.3. The first-order valence-electron chi connectivity index (χ1n) is 27.7. The van der Waals surface area contributed by atoms with Gasteiger partial charge in [-0.05, 0) is 102 Å². The summed E-state index contributed by atoms with van der Waals surface area (Å²) in [4.78, 5) is 9.77. The van der Waals surface area contributed by atoms with E-state index in [4.69, 9.17) is 9.72 Å². The second-order valence-electron chi connectivity index (χ2n) is 23.3. The minimum atomic E-state index is -0.640. The van der Waals surface area contributed by atoms with Crippen molar-refractivity contribution in [2.24, 2.45) is 0 Å². The number of hydrogen-bond acceptors (Lipinski definition) is 4. The first-order valence-corrected chi connectivity index (χ1v) is 27.7. The molecule has 2 aliphatic rings. The molecule has 14 rings (SSSR count). The summed E-state index contributed by atoms with van der Waals surface area (Å²) in [7, 11) is 0. The standard InChI is InChI=1S/C75H59N4O.Pt/c1-73(2,3)52-35-37-53(38-36-52)75(65-31-15-13-27-61(65)62-41-39-54(45-66(62)75)74(4,5)6)55-43-44-76-71(46-55)79-67-32-16-14-28-63(67)64-42-40-58(48-70(64)79)80-57-26-19-25-56(47-57)77-49-78(69-34-18-17-33-68(69)77)72-59(50-21-9-7-10-22-50)29-20-30-60(72)51-23-11-8-12-24-51;/h7-46,49H,1-6H3;/q-3;. The number of fused-ring (bicyclic) bond motifs is 7. The van der Waals surface area contributed by atoms with Crippen molar-refractivity contribution >= 4 is 44.6 Å². The Morgan fingerprint density at radius 1 is 0.457 bits per heavy atom. The molecular weight excluding hydrogens is 1170 g/mol. The molecule has 0 saturated heterocycles. The molecule has 12 aromatic rings. The maximum atomic E-state index is 6.86. The summed E-state index contributed by atoms with van der Waals surface area (Å²) in [6, 6.07) is 92.8. The normalized spacial score (nSPS) is 14.6. The molecule has 1 aliphatic heterocycles. The van der Waals surface area contributed by atoms with Gasteiger partial charge >= 0.3 is 0 Å². The van der Waals surface area contributed by atoms with Gasteiger partial charge in [0, 0.05) is 72.5 Å². The number of benzene rings is 10. The molecule has 1 unspecified atom stereocenters. The van der Waals surface area contributed by atoms with Crippen LogP contribution in [-0.2, 0) is 37.3 Å². The van der Waals surface area contributed by atoms with E-state index in [2.05, 4.69) is 293 Å². The topological polar surface area (TPSA) is 33.5 Å². The van der Waals surface area contributed by atoms with Gasteiger partial charge in [-0.25, -0.2) is 4.98 Å². The monoisotopic (exact) mass is 1230 g/mol.